The Hall–Kier alpha value is -1.88. The van der Waals surface area contributed by atoms with E-state index in [2.05, 4.69) is 5.32 Å². The van der Waals surface area contributed by atoms with Crippen molar-refractivity contribution in [3.8, 4) is 0 Å². The number of nitrogens with two attached hydrogens (primary N) is 1. The van der Waals surface area contributed by atoms with Crippen LogP contribution in [-0.2, 0) is 16.0 Å². The van der Waals surface area contributed by atoms with Crippen molar-refractivity contribution in [1.82, 2.24) is 10.2 Å². The van der Waals surface area contributed by atoms with E-state index in [-0.39, 0.29) is 18.5 Å². The fraction of sp³-hybridized carbons (Fsp3) is 0.500. The molecule has 3 N–H and O–H groups in total. The van der Waals surface area contributed by atoms with Crippen molar-refractivity contribution in [3.05, 3.63) is 35.9 Å². The molecule has 1 aromatic rings. The fourth-order valence-electron chi connectivity index (χ4n) is 2.75. The molecule has 1 fully saturated rings. The second-order valence-electron chi connectivity index (χ2n) is 5.45. The molecule has 0 unspecified atom stereocenters. The largest absolute Gasteiger partial charge is 0.368 e. The molecule has 5 heteroatoms. The normalized spacial score (nSPS) is 15.6. The van der Waals surface area contributed by atoms with Gasteiger partial charge in [0, 0.05) is 12.5 Å². The van der Waals surface area contributed by atoms with E-state index in [1.165, 1.54) is 0 Å². The molecule has 0 aliphatic carbocycles. The van der Waals surface area contributed by atoms with Crippen LogP contribution >= 0.6 is 0 Å². The van der Waals surface area contributed by atoms with E-state index < -0.39 is 5.91 Å². The van der Waals surface area contributed by atoms with Crippen molar-refractivity contribution < 1.29 is 9.59 Å². The van der Waals surface area contributed by atoms with E-state index in [9.17, 15) is 9.59 Å². The summed E-state index contributed by atoms with van der Waals surface area (Å²) in [4.78, 5) is 25.4. The Kier molecular flexibility index (Phi) is 5.75. The summed E-state index contributed by atoms with van der Waals surface area (Å²) in [7, 11) is 0. The predicted octanol–water partition coefficient (Wildman–Crippen LogP) is 0.685. The molecule has 2 amide bonds. The fourth-order valence-corrected chi connectivity index (χ4v) is 2.75. The second kappa shape index (κ2) is 7.78. The van der Waals surface area contributed by atoms with Crippen LogP contribution in [0.25, 0.3) is 0 Å². The van der Waals surface area contributed by atoms with Crippen LogP contribution in [0.2, 0.25) is 0 Å². The van der Waals surface area contributed by atoms with Gasteiger partial charge in [-0.05, 0) is 37.9 Å². The molecule has 0 aromatic heterocycles. The van der Waals surface area contributed by atoms with Crippen molar-refractivity contribution in [2.45, 2.75) is 31.7 Å². The highest BCUT2D eigenvalue weighted by atomic mass is 16.2. The Bertz CT molecular complexity index is 470. The molecule has 0 spiro atoms. The average Bonchev–Trinajstić information content (AvgIpc) is 2.52. The van der Waals surface area contributed by atoms with Gasteiger partial charge in [-0.1, -0.05) is 30.3 Å². The number of aryl methyl sites for hydroxylation is 1. The molecule has 114 valence electrons. The summed E-state index contributed by atoms with van der Waals surface area (Å²) in [6.07, 6.45) is 2.87. The van der Waals surface area contributed by atoms with Gasteiger partial charge in [0.05, 0.1) is 6.54 Å². The number of piperidine rings is 1. The maximum atomic E-state index is 12.4. The molecule has 1 aromatic carbocycles. The molecule has 5 nitrogen and oxygen atoms in total. The SMILES string of the molecule is NC(=O)CN(C(=O)CCc1ccccc1)C1CCNCC1. The molecule has 21 heavy (non-hydrogen) atoms. The monoisotopic (exact) mass is 289 g/mol. The highest BCUT2D eigenvalue weighted by Gasteiger charge is 2.26. The molecule has 2 rings (SSSR count). The van der Waals surface area contributed by atoms with Gasteiger partial charge in [0.25, 0.3) is 0 Å². The summed E-state index contributed by atoms with van der Waals surface area (Å²) >= 11 is 0. The maximum Gasteiger partial charge on any atom is 0.237 e. The summed E-state index contributed by atoms with van der Waals surface area (Å²) < 4.78 is 0. The highest BCUT2D eigenvalue weighted by molar-refractivity contribution is 5.84. The first-order valence-electron chi connectivity index (χ1n) is 7.49. The van der Waals surface area contributed by atoms with Crippen molar-refractivity contribution >= 4 is 11.8 Å². The van der Waals surface area contributed by atoms with Gasteiger partial charge in [0.15, 0.2) is 0 Å². The lowest BCUT2D eigenvalue weighted by molar-refractivity contribution is -0.138. The third kappa shape index (κ3) is 4.86. The Morgan fingerprint density at radius 3 is 2.48 bits per heavy atom. The number of carbonyl (C=O) groups excluding carboxylic acids is 2. The third-order valence-electron chi connectivity index (χ3n) is 3.87. The van der Waals surface area contributed by atoms with E-state index in [0.717, 1.165) is 31.5 Å². The van der Waals surface area contributed by atoms with Crippen molar-refractivity contribution in [2.75, 3.05) is 19.6 Å². The lowest BCUT2D eigenvalue weighted by Gasteiger charge is -2.34. The van der Waals surface area contributed by atoms with E-state index >= 15 is 0 Å². The third-order valence-corrected chi connectivity index (χ3v) is 3.87. The first-order chi connectivity index (χ1) is 10.2. The number of nitrogens with zero attached hydrogens (tertiary/aromatic N) is 1. The van der Waals surface area contributed by atoms with Gasteiger partial charge in [-0.15, -0.1) is 0 Å². The summed E-state index contributed by atoms with van der Waals surface area (Å²) in [5, 5.41) is 3.27. The van der Waals surface area contributed by atoms with Gasteiger partial charge in [-0.2, -0.15) is 0 Å². The van der Waals surface area contributed by atoms with Crippen LogP contribution in [0, 0.1) is 0 Å². The van der Waals surface area contributed by atoms with Gasteiger partial charge < -0.3 is 16.0 Å². The van der Waals surface area contributed by atoms with Crippen molar-refractivity contribution in [2.24, 2.45) is 5.73 Å². The number of hydrogen-bond donors (Lipinski definition) is 2. The topological polar surface area (TPSA) is 75.4 Å². The van der Waals surface area contributed by atoms with E-state index in [4.69, 9.17) is 5.73 Å². The Morgan fingerprint density at radius 2 is 1.86 bits per heavy atom. The van der Waals surface area contributed by atoms with Crippen LogP contribution in [-0.4, -0.2) is 42.4 Å². The molecule has 0 saturated carbocycles. The zero-order chi connectivity index (χ0) is 15.1. The standard InChI is InChI=1S/C16H23N3O2/c17-15(20)12-19(14-8-10-18-11-9-14)16(21)7-6-13-4-2-1-3-5-13/h1-5,14,18H,6-12H2,(H2,17,20). The molecule has 0 atom stereocenters. The van der Waals surface area contributed by atoms with Gasteiger partial charge in [-0.25, -0.2) is 0 Å². The molecule has 0 radical (unpaired) electrons. The number of benzene rings is 1. The molecule has 1 aliphatic rings. The Balaban J connectivity index is 1.94. The zero-order valence-corrected chi connectivity index (χ0v) is 12.3. The first kappa shape index (κ1) is 15.5. The Labute approximate surface area is 125 Å². The Morgan fingerprint density at radius 1 is 1.19 bits per heavy atom. The van der Waals surface area contributed by atoms with Gasteiger partial charge in [0.2, 0.25) is 11.8 Å². The number of amides is 2. The van der Waals surface area contributed by atoms with E-state index in [0.29, 0.717) is 12.8 Å². The van der Waals surface area contributed by atoms with Gasteiger partial charge in [0.1, 0.15) is 0 Å². The lowest BCUT2D eigenvalue weighted by atomic mass is 10.0. The minimum atomic E-state index is -0.443. The highest BCUT2D eigenvalue weighted by Crippen LogP contribution is 2.14. The maximum absolute atomic E-state index is 12.4. The van der Waals surface area contributed by atoms with Crippen molar-refractivity contribution in [1.29, 1.82) is 0 Å². The quantitative estimate of drug-likeness (QED) is 0.809. The summed E-state index contributed by atoms with van der Waals surface area (Å²) in [5.41, 5.74) is 6.43. The number of nitrogens with one attached hydrogen (secondary N) is 1. The number of primary amides is 1. The minimum absolute atomic E-state index is 0.0181. The lowest BCUT2D eigenvalue weighted by Crippen LogP contribution is -2.49. The van der Waals surface area contributed by atoms with Crippen molar-refractivity contribution in [3.63, 3.8) is 0 Å². The number of carbonyl (C=O) groups is 2. The number of rotatable bonds is 6. The second-order valence-corrected chi connectivity index (χ2v) is 5.45. The van der Waals surface area contributed by atoms with Crippen LogP contribution in [0.15, 0.2) is 30.3 Å². The average molecular weight is 289 g/mol. The summed E-state index contributed by atoms with van der Waals surface area (Å²) in [5.74, 6) is -0.425. The van der Waals surface area contributed by atoms with E-state index in [1.54, 1.807) is 4.90 Å². The van der Waals surface area contributed by atoms with Crippen LogP contribution in [0.3, 0.4) is 0 Å². The zero-order valence-electron chi connectivity index (χ0n) is 12.3. The van der Waals surface area contributed by atoms with E-state index in [1.807, 2.05) is 30.3 Å². The van der Waals surface area contributed by atoms with Gasteiger partial charge in [-0.3, -0.25) is 9.59 Å². The van der Waals surface area contributed by atoms with Gasteiger partial charge >= 0.3 is 0 Å². The van der Waals surface area contributed by atoms with Crippen LogP contribution in [0.4, 0.5) is 0 Å². The minimum Gasteiger partial charge on any atom is -0.368 e. The smallest absolute Gasteiger partial charge is 0.237 e. The molecular weight excluding hydrogens is 266 g/mol. The number of hydrogen-bond acceptors (Lipinski definition) is 3. The molecule has 1 saturated heterocycles. The molecular formula is C16H23N3O2. The van der Waals surface area contributed by atoms with Crippen LogP contribution in [0.5, 0.6) is 0 Å². The van der Waals surface area contributed by atoms with Crippen LogP contribution < -0.4 is 11.1 Å². The predicted molar refractivity (Wildman–Crippen MR) is 81.6 cm³/mol. The first-order valence-corrected chi connectivity index (χ1v) is 7.49. The summed E-state index contributed by atoms with van der Waals surface area (Å²) in [6, 6.07) is 10.0. The summed E-state index contributed by atoms with van der Waals surface area (Å²) in [6.45, 7) is 1.79. The molecule has 1 heterocycles. The van der Waals surface area contributed by atoms with Crippen LogP contribution in [0.1, 0.15) is 24.8 Å². The molecule has 0 bridgehead atoms. The molecule has 1 aliphatic heterocycles.